The number of hydrogen-bond donors (Lipinski definition) is 1. The van der Waals surface area contributed by atoms with Gasteiger partial charge in [0.25, 0.3) is 0 Å². The zero-order chi connectivity index (χ0) is 24.2. The lowest BCUT2D eigenvalue weighted by atomic mass is 10.2. The lowest BCUT2D eigenvalue weighted by Gasteiger charge is -2.14. The number of fused-ring (bicyclic) bond motifs is 1. The molecule has 0 saturated carbocycles. The van der Waals surface area contributed by atoms with E-state index >= 15 is 0 Å². The number of carbonyl (C=O) groups excluding carboxylic acids is 1. The molecule has 0 atom stereocenters. The number of furan rings is 1. The van der Waals surface area contributed by atoms with Crippen molar-refractivity contribution in [3.8, 4) is 11.5 Å². The summed E-state index contributed by atoms with van der Waals surface area (Å²) in [5.74, 6) is 0.682. The molecule has 0 aliphatic carbocycles. The summed E-state index contributed by atoms with van der Waals surface area (Å²) < 4.78 is 18.5. The van der Waals surface area contributed by atoms with E-state index in [2.05, 4.69) is 42.4 Å². The normalized spacial score (nSPS) is 11.2. The van der Waals surface area contributed by atoms with Crippen molar-refractivity contribution in [2.45, 2.75) is 6.61 Å². The van der Waals surface area contributed by atoms with Crippen molar-refractivity contribution in [2.75, 3.05) is 7.11 Å². The standard InChI is InChI=1S/C24H16Br2Cl2N2O4/c1-32-21-7-13(6-18(26)23(21)33-12-14-2-4-17(27)10-19(14)28)11-29-30-24(31)22-9-15-8-16(25)3-5-20(15)34-22/h2-11H,12H2,1H3,(H,30,31)/b29-11+. The first-order valence-electron chi connectivity index (χ1n) is 9.81. The van der Waals surface area contributed by atoms with Crippen molar-refractivity contribution in [3.63, 3.8) is 0 Å². The predicted octanol–water partition coefficient (Wildman–Crippen LogP) is 7.62. The Kier molecular flexibility index (Phi) is 7.83. The third-order valence-corrected chi connectivity index (χ3v) is 6.39. The third-order valence-electron chi connectivity index (χ3n) is 4.72. The molecule has 0 saturated heterocycles. The van der Waals surface area contributed by atoms with Gasteiger partial charge in [-0.25, -0.2) is 5.43 Å². The van der Waals surface area contributed by atoms with Gasteiger partial charge in [-0.15, -0.1) is 0 Å². The molecular formula is C24H16Br2Cl2N2O4. The van der Waals surface area contributed by atoms with E-state index in [-0.39, 0.29) is 12.4 Å². The lowest BCUT2D eigenvalue weighted by molar-refractivity contribution is 0.0929. The van der Waals surface area contributed by atoms with Crippen LogP contribution >= 0.6 is 55.1 Å². The Bertz CT molecular complexity index is 1410. The van der Waals surface area contributed by atoms with E-state index in [0.717, 1.165) is 15.4 Å². The molecule has 34 heavy (non-hydrogen) atoms. The van der Waals surface area contributed by atoms with Crippen LogP contribution in [0.25, 0.3) is 11.0 Å². The summed E-state index contributed by atoms with van der Waals surface area (Å²) in [5.41, 5.74) is 4.54. The van der Waals surface area contributed by atoms with Crippen LogP contribution in [0.2, 0.25) is 10.0 Å². The van der Waals surface area contributed by atoms with Crippen molar-refractivity contribution in [2.24, 2.45) is 5.10 Å². The Morgan fingerprint density at radius 2 is 1.94 bits per heavy atom. The van der Waals surface area contributed by atoms with Gasteiger partial charge >= 0.3 is 5.91 Å². The summed E-state index contributed by atoms with van der Waals surface area (Å²) in [5, 5.41) is 5.90. The highest BCUT2D eigenvalue weighted by Gasteiger charge is 2.14. The topological polar surface area (TPSA) is 73.1 Å². The first-order valence-corrected chi connectivity index (χ1v) is 12.1. The molecular weight excluding hydrogens is 611 g/mol. The van der Waals surface area contributed by atoms with Gasteiger partial charge in [0, 0.05) is 25.5 Å². The highest BCUT2D eigenvalue weighted by Crippen LogP contribution is 2.37. The fourth-order valence-electron chi connectivity index (χ4n) is 3.09. The number of ether oxygens (including phenoxy) is 2. The Morgan fingerprint density at radius 3 is 2.71 bits per heavy atom. The van der Waals surface area contributed by atoms with E-state index in [1.165, 1.54) is 13.3 Å². The number of benzene rings is 3. The Hall–Kier alpha value is -2.52. The number of halogens is 4. The van der Waals surface area contributed by atoms with E-state index in [1.54, 1.807) is 42.5 Å². The summed E-state index contributed by atoms with van der Waals surface area (Å²) in [6.07, 6.45) is 1.49. The minimum atomic E-state index is -0.464. The maximum absolute atomic E-state index is 12.4. The first kappa shape index (κ1) is 24.6. The minimum absolute atomic E-state index is 0.161. The molecule has 0 aliphatic heterocycles. The van der Waals surface area contributed by atoms with Crippen LogP contribution < -0.4 is 14.9 Å². The molecule has 1 aromatic heterocycles. The van der Waals surface area contributed by atoms with Gasteiger partial charge in [-0.2, -0.15) is 5.10 Å². The number of rotatable bonds is 7. The summed E-state index contributed by atoms with van der Waals surface area (Å²) in [6.45, 7) is 0.225. The number of carbonyl (C=O) groups is 1. The van der Waals surface area contributed by atoms with Gasteiger partial charge in [-0.3, -0.25) is 4.79 Å². The molecule has 0 bridgehead atoms. The van der Waals surface area contributed by atoms with E-state index in [9.17, 15) is 4.79 Å². The van der Waals surface area contributed by atoms with Crippen LogP contribution in [0, 0.1) is 0 Å². The Balaban J connectivity index is 1.45. The van der Waals surface area contributed by atoms with E-state index in [1.807, 2.05) is 12.1 Å². The molecule has 1 amide bonds. The molecule has 0 fully saturated rings. The molecule has 1 N–H and O–H groups in total. The van der Waals surface area contributed by atoms with Gasteiger partial charge in [0.15, 0.2) is 17.3 Å². The number of methoxy groups -OCH3 is 1. The molecule has 0 unspecified atom stereocenters. The van der Waals surface area contributed by atoms with Crippen LogP contribution in [-0.2, 0) is 6.61 Å². The summed E-state index contributed by atoms with van der Waals surface area (Å²) in [6, 6.07) is 15.9. The number of hydrazone groups is 1. The molecule has 0 aliphatic rings. The van der Waals surface area contributed by atoms with Crippen molar-refractivity contribution in [1.29, 1.82) is 0 Å². The lowest BCUT2D eigenvalue weighted by Crippen LogP contribution is -2.16. The van der Waals surface area contributed by atoms with Crippen LogP contribution in [0.15, 0.2) is 73.1 Å². The third kappa shape index (κ3) is 5.75. The van der Waals surface area contributed by atoms with Gasteiger partial charge < -0.3 is 13.9 Å². The Morgan fingerprint density at radius 1 is 1.12 bits per heavy atom. The van der Waals surface area contributed by atoms with Gasteiger partial charge in [0.2, 0.25) is 0 Å². The van der Waals surface area contributed by atoms with Gasteiger partial charge in [0.05, 0.1) is 17.8 Å². The van der Waals surface area contributed by atoms with Crippen LogP contribution in [-0.4, -0.2) is 19.2 Å². The van der Waals surface area contributed by atoms with Gasteiger partial charge in [-0.05, 0) is 70.0 Å². The number of hydrogen-bond acceptors (Lipinski definition) is 5. The monoisotopic (exact) mass is 624 g/mol. The zero-order valence-corrected chi connectivity index (χ0v) is 22.3. The first-order chi connectivity index (χ1) is 16.3. The van der Waals surface area contributed by atoms with Crippen molar-refractivity contribution in [3.05, 3.63) is 90.5 Å². The SMILES string of the molecule is COc1cc(/C=N/NC(=O)c2cc3cc(Br)ccc3o2)cc(Br)c1OCc1ccc(Cl)cc1Cl. The van der Waals surface area contributed by atoms with E-state index in [4.69, 9.17) is 37.1 Å². The molecule has 0 radical (unpaired) electrons. The second kappa shape index (κ2) is 10.8. The van der Waals surface area contributed by atoms with Crippen LogP contribution in [0.1, 0.15) is 21.7 Å². The number of nitrogens with one attached hydrogen (secondary N) is 1. The summed E-state index contributed by atoms with van der Waals surface area (Å²) >= 11 is 19.1. The molecule has 4 rings (SSSR count). The molecule has 10 heteroatoms. The zero-order valence-electron chi connectivity index (χ0n) is 17.6. The average molecular weight is 627 g/mol. The maximum atomic E-state index is 12.4. The van der Waals surface area contributed by atoms with E-state index in [0.29, 0.717) is 37.2 Å². The smallest absolute Gasteiger partial charge is 0.307 e. The molecule has 6 nitrogen and oxygen atoms in total. The summed E-state index contributed by atoms with van der Waals surface area (Å²) in [7, 11) is 1.53. The maximum Gasteiger partial charge on any atom is 0.307 e. The highest BCUT2D eigenvalue weighted by atomic mass is 79.9. The molecule has 4 aromatic rings. The van der Waals surface area contributed by atoms with Crippen LogP contribution in [0.3, 0.4) is 0 Å². The van der Waals surface area contributed by atoms with Crippen molar-refractivity contribution < 1.29 is 18.7 Å². The molecule has 0 spiro atoms. The van der Waals surface area contributed by atoms with Crippen molar-refractivity contribution in [1.82, 2.24) is 5.43 Å². The average Bonchev–Trinajstić information content (AvgIpc) is 3.22. The fraction of sp³-hybridized carbons (Fsp3) is 0.0833. The second-order valence-corrected chi connectivity index (χ2v) is 9.66. The van der Waals surface area contributed by atoms with Crippen LogP contribution in [0.5, 0.6) is 11.5 Å². The molecule has 174 valence electrons. The fourth-order valence-corrected chi connectivity index (χ4v) is 4.51. The number of amides is 1. The molecule has 1 heterocycles. The highest BCUT2D eigenvalue weighted by molar-refractivity contribution is 9.10. The largest absolute Gasteiger partial charge is 0.493 e. The minimum Gasteiger partial charge on any atom is -0.493 e. The second-order valence-electron chi connectivity index (χ2n) is 7.05. The molecule has 3 aromatic carbocycles. The van der Waals surface area contributed by atoms with Crippen molar-refractivity contribution >= 4 is 78.2 Å². The quantitative estimate of drug-likeness (QED) is 0.169. The van der Waals surface area contributed by atoms with Gasteiger partial charge in [0.1, 0.15) is 12.2 Å². The van der Waals surface area contributed by atoms with E-state index < -0.39 is 5.91 Å². The summed E-state index contributed by atoms with van der Waals surface area (Å²) in [4.78, 5) is 12.4. The van der Waals surface area contributed by atoms with Gasteiger partial charge in [-0.1, -0.05) is 45.2 Å². The predicted molar refractivity (Wildman–Crippen MR) is 140 cm³/mol. The van der Waals surface area contributed by atoms with Crippen LogP contribution in [0.4, 0.5) is 0 Å². The Labute approximate surface area is 222 Å². The number of nitrogens with zero attached hydrogens (tertiary/aromatic N) is 1.